The predicted octanol–water partition coefficient (Wildman–Crippen LogP) is 1.60. The van der Waals surface area contributed by atoms with E-state index in [9.17, 15) is 9.59 Å². The summed E-state index contributed by atoms with van der Waals surface area (Å²) in [4.78, 5) is 23.1. The number of carbonyl (C=O) groups excluding carboxylic acids is 1. The Morgan fingerprint density at radius 3 is 2.60 bits per heavy atom. The van der Waals surface area contributed by atoms with Crippen molar-refractivity contribution in [2.24, 2.45) is 13.0 Å². The first kappa shape index (κ1) is 16.0. The highest BCUT2D eigenvalue weighted by molar-refractivity contribution is 5.92. The summed E-state index contributed by atoms with van der Waals surface area (Å²) in [5.41, 5.74) is 1.36. The molecule has 20 heavy (non-hydrogen) atoms. The first-order valence-corrected chi connectivity index (χ1v) is 6.71. The van der Waals surface area contributed by atoms with Gasteiger partial charge in [-0.2, -0.15) is 5.10 Å². The molecule has 2 amide bonds. The van der Waals surface area contributed by atoms with Crippen LogP contribution in [0.4, 0.5) is 10.5 Å². The van der Waals surface area contributed by atoms with Crippen LogP contribution in [0, 0.1) is 5.92 Å². The number of carboxylic acid groups (broad SMARTS) is 1. The van der Waals surface area contributed by atoms with Crippen LogP contribution in [-0.4, -0.2) is 32.9 Å². The number of aryl methyl sites for hydroxylation is 2. The smallest absolute Gasteiger partial charge is 0.326 e. The topological polar surface area (TPSA) is 96.3 Å². The van der Waals surface area contributed by atoms with E-state index in [1.54, 1.807) is 24.9 Å². The Labute approximate surface area is 118 Å². The van der Waals surface area contributed by atoms with Gasteiger partial charge in [0, 0.05) is 13.2 Å². The Morgan fingerprint density at radius 2 is 2.10 bits per heavy atom. The van der Waals surface area contributed by atoms with Crippen LogP contribution in [0.3, 0.4) is 0 Å². The normalized spacial score (nSPS) is 13.6. The zero-order valence-electron chi connectivity index (χ0n) is 12.3. The summed E-state index contributed by atoms with van der Waals surface area (Å²) < 4.78 is 1.61. The van der Waals surface area contributed by atoms with Gasteiger partial charge < -0.3 is 15.7 Å². The van der Waals surface area contributed by atoms with Gasteiger partial charge >= 0.3 is 12.0 Å². The molecule has 0 aromatic carbocycles. The first-order chi connectivity index (χ1) is 9.38. The van der Waals surface area contributed by atoms with Crippen LogP contribution in [0.25, 0.3) is 0 Å². The number of anilines is 1. The van der Waals surface area contributed by atoms with Gasteiger partial charge in [-0.15, -0.1) is 0 Å². The van der Waals surface area contributed by atoms with E-state index < -0.39 is 18.0 Å². The third-order valence-corrected chi connectivity index (χ3v) is 3.25. The summed E-state index contributed by atoms with van der Waals surface area (Å²) in [5.74, 6) is -1.17. The Hall–Kier alpha value is -2.05. The lowest BCUT2D eigenvalue weighted by Crippen LogP contribution is -2.46. The lowest BCUT2D eigenvalue weighted by atomic mass is 9.99. The molecule has 0 aliphatic heterocycles. The number of carbonyl (C=O) groups is 2. The van der Waals surface area contributed by atoms with Crippen molar-refractivity contribution in [2.75, 3.05) is 5.32 Å². The van der Waals surface area contributed by atoms with Crippen LogP contribution in [0.1, 0.15) is 32.9 Å². The van der Waals surface area contributed by atoms with Gasteiger partial charge in [-0.1, -0.05) is 27.2 Å². The highest BCUT2D eigenvalue weighted by Crippen LogP contribution is 2.14. The lowest BCUT2D eigenvalue weighted by Gasteiger charge is -2.20. The number of rotatable bonds is 6. The first-order valence-electron chi connectivity index (χ1n) is 6.71. The number of hydrogen-bond acceptors (Lipinski definition) is 3. The number of nitrogens with one attached hydrogen (secondary N) is 2. The van der Waals surface area contributed by atoms with Crippen molar-refractivity contribution in [1.82, 2.24) is 15.1 Å². The van der Waals surface area contributed by atoms with Crippen molar-refractivity contribution in [3.63, 3.8) is 0 Å². The van der Waals surface area contributed by atoms with Gasteiger partial charge in [0.15, 0.2) is 0 Å². The molecule has 0 saturated heterocycles. The standard InChI is InChI=1S/C13H22N4O3/c1-5-8(3)11(12(18)19)15-13(20)14-10-7-17(4)16-9(10)6-2/h7-8,11H,5-6H2,1-4H3,(H,18,19)(H2,14,15,20). The molecule has 1 aromatic rings. The van der Waals surface area contributed by atoms with Crippen molar-refractivity contribution in [2.45, 2.75) is 39.7 Å². The summed E-state index contributed by atoms with van der Waals surface area (Å²) in [5, 5.41) is 18.5. The van der Waals surface area contributed by atoms with Crippen LogP contribution >= 0.6 is 0 Å². The molecule has 2 atom stereocenters. The maximum Gasteiger partial charge on any atom is 0.326 e. The van der Waals surface area contributed by atoms with Gasteiger partial charge in [-0.3, -0.25) is 4.68 Å². The van der Waals surface area contributed by atoms with E-state index in [0.717, 1.165) is 5.69 Å². The molecule has 3 N–H and O–H groups in total. The molecule has 0 saturated carbocycles. The van der Waals surface area contributed by atoms with Crippen molar-refractivity contribution in [3.05, 3.63) is 11.9 Å². The minimum absolute atomic E-state index is 0.141. The molecule has 1 rings (SSSR count). The molecule has 0 radical (unpaired) electrons. The minimum atomic E-state index is -1.03. The average Bonchev–Trinajstić information content (AvgIpc) is 2.74. The highest BCUT2D eigenvalue weighted by atomic mass is 16.4. The molecular formula is C13H22N4O3. The number of nitrogens with zero attached hydrogens (tertiary/aromatic N) is 2. The van der Waals surface area contributed by atoms with Gasteiger partial charge in [-0.25, -0.2) is 9.59 Å². The van der Waals surface area contributed by atoms with E-state index >= 15 is 0 Å². The third-order valence-electron chi connectivity index (χ3n) is 3.25. The Bertz CT molecular complexity index is 484. The molecule has 0 aliphatic carbocycles. The number of urea groups is 1. The molecule has 1 aromatic heterocycles. The summed E-state index contributed by atoms with van der Waals surface area (Å²) in [6, 6.07) is -1.43. The van der Waals surface area contributed by atoms with Crippen LogP contribution in [0.2, 0.25) is 0 Å². The fourth-order valence-corrected chi connectivity index (χ4v) is 1.88. The summed E-state index contributed by atoms with van der Waals surface area (Å²) in [7, 11) is 1.77. The molecule has 0 spiro atoms. The summed E-state index contributed by atoms with van der Waals surface area (Å²) in [6.45, 7) is 5.61. The number of aromatic nitrogens is 2. The van der Waals surface area contributed by atoms with Crippen molar-refractivity contribution >= 4 is 17.7 Å². The monoisotopic (exact) mass is 282 g/mol. The molecule has 7 heteroatoms. The second kappa shape index (κ2) is 6.93. The van der Waals surface area contributed by atoms with Crippen molar-refractivity contribution in [3.8, 4) is 0 Å². The maximum absolute atomic E-state index is 11.9. The van der Waals surface area contributed by atoms with Crippen molar-refractivity contribution < 1.29 is 14.7 Å². The van der Waals surface area contributed by atoms with E-state index in [1.807, 2.05) is 13.8 Å². The average molecular weight is 282 g/mol. The largest absolute Gasteiger partial charge is 0.480 e. The number of amides is 2. The number of aliphatic carboxylic acids is 1. The Kier molecular flexibility index (Phi) is 5.54. The third kappa shape index (κ3) is 3.97. The Morgan fingerprint density at radius 1 is 1.45 bits per heavy atom. The molecule has 2 unspecified atom stereocenters. The Balaban J connectivity index is 2.73. The van der Waals surface area contributed by atoms with Gasteiger partial charge in [0.1, 0.15) is 6.04 Å². The summed E-state index contributed by atoms with van der Waals surface area (Å²) >= 11 is 0. The van der Waals surface area contributed by atoms with Gasteiger partial charge in [0.05, 0.1) is 11.4 Å². The number of hydrogen-bond donors (Lipinski definition) is 3. The van der Waals surface area contributed by atoms with Gasteiger partial charge in [-0.05, 0) is 12.3 Å². The molecule has 1 heterocycles. The fraction of sp³-hybridized carbons (Fsp3) is 0.615. The van der Waals surface area contributed by atoms with Gasteiger partial charge in [0.2, 0.25) is 0 Å². The highest BCUT2D eigenvalue weighted by Gasteiger charge is 2.25. The van der Waals surface area contributed by atoms with E-state index in [4.69, 9.17) is 5.11 Å². The SMILES string of the molecule is CCc1nn(C)cc1NC(=O)NC(C(=O)O)C(C)CC. The molecule has 112 valence electrons. The van der Waals surface area contributed by atoms with E-state index in [-0.39, 0.29) is 5.92 Å². The van der Waals surface area contributed by atoms with Crippen LogP contribution < -0.4 is 10.6 Å². The van der Waals surface area contributed by atoms with Crippen LogP contribution in [-0.2, 0) is 18.3 Å². The molecule has 0 fully saturated rings. The van der Waals surface area contributed by atoms with Gasteiger partial charge in [0.25, 0.3) is 0 Å². The lowest BCUT2D eigenvalue weighted by molar-refractivity contribution is -0.140. The molecule has 7 nitrogen and oxygen atoms in total. The number of carboxylic acids is 1. The zero-order chi connectivity index (χ0) is 15.3. The zero-order valence-corrected chi connectivity index (χ0v) is 12.3. The second-order valence-corrected chi connectivity index (χ2v) is 4.82. The minimum Gasteiger partial charge on any atom is -0.480 e. The second-order valence-electron chi connectivity index (χ2n) is 4.82. The molecule has 0 aliphatic rings. The van der Waals surface area contributed by atoms with Crippen LogP contribution in [0.15, 0.2) is 6.20 Å². The fourth-order valence-electron chi connectivity index (χ4n) is 1.88. The van der Waals surface area contributed by atoms with E-state index in [2.05, 4.69) is 15.7 Å². The quantitative estimate of drug-likeness (QED) is 0.738. The maximum atomic E-state index is 11.9. The summed E-state index contributed by atoms with van der Waals surface area (Å²) in [6.07, 6.45) is 3.05. The molecule has 0 bridgehead atoms. The van der Waals surface area contributed by atoms with E-state index in [0.29, 0.717) is 18.5 Å². The van der Waals surface area contributed by atoms with Crippen molar-refractivity contribution in [1.29, 1.82) is 0 Å². The molecular weight excluding hydrogens is 260 g/mol. The van der Waals surface area contributed by atoms with E-state index in [1.165, 1.54) is 0 Å². The predicted molar refractivity (Wildman–Crippen MR) is 75.6 cm³/mol. The van der Waals surface area contributed by atoms with Crippen LogP contribution in [0.5, 0.6) is 0 Å².